The van der Waals surface area contributed by atoms with Gasteiger partial charge in [0.25, 0.3) is 5.91 Å². The van der Waals surface area contributed by atoms with Crippen LogP contribution in [0.4, 0.5) is 16.2 Å². The van der Waals surface area contributed by atoms with Crippen LogP contribution in [0.2, 0.25) is 0 Å². The maximum absolute atomic E-state index is 12.6. The van der Waals surface area contributed by atoms with Crippen LogP contribution in [-0.4, -0.2) is 27.8 Å². The van der Waals surface area contributed by atoms with E-state index in [4.69, 9.17) is 4.74 Å². The van der Waals surface area contributed by atoms with E-state index in [0.29, 0.717) is 16.9 Å². The molecule has 26 heavy (non-hydrogen) atoms. The van der Waals surface area contributed by atoms with Gasteiger partial charge in [-0.15, -0.1) is 0 Å². The third kappa shape index (κ3) is 4.18. The molecule has 0 radical (unpaired) electrons. The molecule has 2 amide bonds. The molecular weight excluding hydrogens is 332 g/mol. The van der Waals surface area contributed by atoms with Crippen molar-refractivity contribution in [3.05, 3.63) is 54.2 Å². The van der Waals surface area contributed by atoms with Gasteiger partial charge in [0.1, 0.15) is 5.60 Å². The fourth-order valence-corrected chi connectivity index (χ4v) is 2.43. The number of rotatable bonds is 3. The van der Waals surface area contributed by atoms with Crippen molar-refractivity contribution in [1.29, 1.82) is 0 Å². The first kappa shape index (κ1) is 17.5. The van der Waals surface area contributed by atoms with E-state index in [1.165, 1.54) is 0 Å². The molecule has 0 aliphatic carbocycles. The first-order chi connectivity index (χ1) is 12.3. The molecule has 1 heterocycles. The number of benzene rings is 2. The second-order valence-corrected chi connectivity index (χ2v) is 6.80. The number of carbonyl (C=O) groups excluding carboxylic acids is 2. The number of anilines is 2. The second-order valence-electron chi connectivity index (χ2n) is 6.80. The summed E-state index contributed by atoms with van der Waals surface area (Å²) in [6.45, 7) is 5.35. The van der Waals surface area contributed by atoms with Crippen molar-refractivity contribution < 1.29 is 14.3 Å². The molecule has 7 heteroatoms. The average molecular weight is 352 g/mol. The summed E-state index contributed by atoms with van der Waals surface area (Å²) in [5.74, 6) is -0.292. The lowest BCUT2D eigenvalue weighted by atomic mass is 10.1. The predicted molar refractivity (Wildman–Crippen MR) is 100 cm³/mol. The molecule has 7 nitrogen and oxygen atoms in total. The Morgan fingerprint density at radius 2 is 1.85 bits per heavy atom. The summed E-state index contributed by atoms with van der Waals surface area (Å²) in [5.41, 5.74) is 1.68. The molecular formula is C19H20N4O3. The smallest absolute Gasteiger partial charge is 0.412 e. The molecule has 2 aromatic carbocycles. The predicted octanol–water partition coefficient (Wildman–Crippen LogP) is 4.16. The van der Waals surface area contributed by atoms with Gasteiger partial charge in [-0.1, -0.05) is 18.2 Å². The van der Waals surface area contributed by atoms with Gasteiger partial charge in [0, 0.05) is 16.6 Å². The fraction of sp³-hybridized carbons (Fsp3) is 0.211. The number of aromatic amines is 1. The molecule has 0 saturated carbocycles. The number of amides is 2. The monoisotopic (exact) mass is 352 g/mol. The van der Waals surface area contributed by atoms with Gasteiger partial charge in [0.05, 0.1) is 17.4 Å². The number of aromatic nitrogens is 2. The van der Waals surface area contributed by atoms with Crippen LogP contribution in [0, 0.1) is 0 Å². The van der Waals surface area contributed by atoms with Gasteiger partial charge in [0.2, 0.25) is 0 Å². The maximum Gasteiger partial charge on any atom is 0.412 e. The summed E-state index contributed by atoms with van der Waals surface area (Å²) >= 11 is 0. The largest absolute Gasteiger partial charge is 0.444 e. The first-order valence-electron chi connectivity index (χ1n) is 8.15. The summed E-state index contributed by atoms with van der Waals surface area (Å²) in [6, 6.07) is 12.2. The van der Waals surface area contributed by atoms with Crippen LogP contribution in [0.3, 0.4) is 0 Å². The summed E-state index contributed by atoms with van der Waals surface area (Å²) < 4.78 is 5.22. The quantitative estimate of drug-likeness (QED) is 0.659. The number of para-hydroxylation sites is 1. The minimum atomic E-state index is -0.595. The molecule has 0 fully saturated rings. The Kier molecular flexibility index (Phi) is 4.62. The van der Waals surface area contributed by atoms with E-state index < -0.39 is 11.7 Å². The molecule has 3 aromatic rings. The van der Waals surface area contributed by atoms with E-state index in [-0.39, 0.29) is 5.91 Å². The van der Waals surface area contributed by atoms with Gasteiger partial charge >= 0.3 is 6.09 Å². The maximum atomic E-state index is 12.6. The highest BCUT2D eigenvalue weighted by atomic mass is 16.6. The van der Waals surface area contributed by atoms with Gasteiger partial charge < -0.3 is 10.1 Å². The molecule has 0 saturated heterocycles. The zero-order valence-electron chi connectivity index (χ0n) is 14.8. The summed E-state index contributed by atoms with van der Waals surface area (Å²) in [5, 5.41) is 13.2. The van der Waals surface area contributed by atoms with Crippen molar-refractivity contribution in [3.63, 3.8) is 0 Å². The van der Waals surface area contributed by atoms with Crippen molar-refractivity contribution in [1.82, 2.24) is 10.2 Å². The minimum Gasteiger partial charge on any atom is -0.444 e. The number of H-pyrrole nitrogens is 1. The Bertz CT molecular complexity index is 957. The van der Waals surface area contributed by atoms with E-state index in [9.17, 15) is 9.59 Å². The highest BCUT2D eigenvalue weighted by Crippen LogP contribution is 2.21. The van der Waals surface area contributed by atoms with Crippen molar-refractivity contribution in [2.24, 2.45) is 0 Å². The van der Waals surface area contributed by atoms with Crippen molar-refractivity contribution in [3.8, 4) is 0 Å². The van der Waals surface area contributed by atoms with Gasteiger partial charge in [-0.2, -0.15) is 5.10 Å². The molecule has 134 valence electrons. The van der Waals surface area contributed by atoms with Crippen LogP contribution in [0.25, 0.3) is 10.9 Å². The highest BCUT2D eigenvalue weighted by molar-refractivity contribution is 6.08. The topological polar surface area (TPSA) is 96.1 Å². The van der Waals surface area contributed by atoms with E-state index in [1.54, 1.807) is 57.3 Å². The van der Waals surface area contributed by atoms with Crippen LogP contribution >= 0.6 is 0 Å². The molecule has 1 aromatic heterocycles. The molecule has 3 N–H and O–H groups in total. The van der Waals surface area contributed by atoms with Gasteiger partial charge in [-0.3, -0.25) is 15.2 Å². The van der Waals surface area contributed by atoms with Crippen molar-refractivity contribution in [2.75, 3.05) is 10.6 Å². The normalized spacial score (nSPS) is 11.2. The summed E-state index contributed by atoms with van der Waals surface area (Å²) in [4.78, 5) is 24.4. The Labute approximate surface area is 150 Å². The number of ether oxygens (including phenoxy) is 1. The average Bonchev–Trinajstić information content (AvgIpc) is 3.03. The lowest BCUT2D eigenvalue weighted by Crippen LogP contribution is -2.27. The van der Waals surface area contributed by atoms with Crippen LogP contribution in [-0.2, 0) is 4.74 Å². The van der Waals surface area contributed by atoms with Gasteiger partial charge in [0.15, 0.2) is 0 Å². The lowest BCUT2D eigenvalue weighted by Gasteiger charge is -2.19. The van der Waals surface area contributed by atoms with Crippen molar-refractivity contribution in [2.45, 2.75) is 26.4 Å². The lowest BCUT2D eigenvalue weighted by molar-refractivity contribution is 0.0635. The molecule has 0 spiro atoms. The molecule has 0 unspecified atom stereocenters. The Morgan fingerprint density at radius 3 is 2.62 bits per heavy atom. The van der Waals surface area contributed by atoms with Crippen LogP contribution < -0.4 is 10.6 Å². The van der Waals surface area contributed by atoms with Crippen LogP contribution in [0.5, 0.6) is 0 Å². The van der Waals surface area contributed by atoms with E-state index in [1.807, 2.05) is 12.1 Å². The zero-order chi connectivity index (χ0) is 18.7. The first-order valence-corrected chi connectivity index (χ1v) is 8.15. The van der Waals surface area contributed by atoms with Crippen molar-refractivity contribution >= 4 is 34.3 Å². The summed E-state index contributed by atoms with van der Waals surface area (Å²) in [6.07, 6.45) is 1.12. The Hall–Kier alpha value is -3.35. The number of hydrogen-bond acceptors (Lipinski definition) is 4. The molecule has 0 bridgehead atoms. The third-order valence-corrected chi connectivity index (χ3v) is 3.49. The van der Waals surface area contributed by atoms with Gasteiger partial charge in [-0.05, 0) is 45.0 Å². The van der Waals surface area contributed by atoms with E-state index in [2.05, 4.69) is 20.8 Å². The van der Waals surface area contributed by atoms with E-state index in [0.717, 1.165) is 10.9 Å². The Morgan fingerprint density at radius 1 is 1.08 bits per heavy atom. The zero-order valence-corrected chi connectivity index (χ0v) is 14.8. The SMILES string of the molecule is CC(C)(C)OC(=O)Nc1cccc(C(=O)Nc2cccc3cn[nH]c23)c1. The second kappa shape index (κ2) is 6.87. The van der Waals surface area contributed by atoms with Gasteiger partial charge in [-0.25, -0.2) is 4.79 Å². The number of nitrogens with zero attached hydrogens (tertiary/aromatic N) is 1. The molecule has 0 atom stereocenters. The number of hydrogen-bond donors (Lipinski definition) is 3. The highest BCUT2D eigenvalue weighted by Gasteiger charge is 2.17. The third-order valence-electron chi connectivity index (χ3n) is 3.49. The number of nitrogens with one attached hydrogen (secondary N) is 3. The molecule has 3 rings (SSSR count). The molecule has 0 aliphatic rings. The minimum absolute atomic E-state index is 0.292. The Balaban J connectivity index is 1.74. The fourth-order valence-electron chi connectivity index (χ4n) is 2.43. The van der Waals surface area contributed by atoms with Crippen LogP contribution in [0.15, 0.2) is 48.7 Å². The summed E-state index contributed by atoms with van der Waals surface area (Å²) in [7, 11) is 0. The van der Waals surface area contributed by atoms with Crippen LogP contribution in [0.1, 0.15) is 31.1 Å². The van der Waals surface area contributed by atoms with E-state index >= 15 is 0 Å². The standard InChI is InChI=1S/C19H20N4O3/c1-19(2,3)26-18(25)21-14-8-4-6-12(10-14)17(24)22-15-9-5-7-13-11-20-23-16(13)15/h4-11H,1-3H3,(H,20,23)(H,21,25)(H,22,24). The molecule has 0 aliphatic heterocycles. The number of fused-ring (bicyclic) bond motifs is 1. The number of carbonyl (C=O) groups is 2.